The molecule has 0 saturated carbocycles. The lowest BCUT2D eigenvalue weighted by Crippen LogP contribution is -2.12. The van der Waals surface area contributed by atoms with E-state index in [2.05, 4.69) is 25.1 Å². The summed E-state index contributed by atoms with van der Waals surface area (Å²) in [6.07, 6.45) is 3.29. The van der Waals surface area contributed by atoms with Gasteiger partial charge >= 0.3 is 5.97 Å². The number of carbonyl (C=O) groups excluding carboxylic acids is 1. The standard InChI is InChI=1S/C15H21O3P/c1-3-13(2)19(14-7-5-4-6-8-14)12-9-15(17)18-11-10-16/h3-8,16H,9-12H2,1-2H3/b13-3+. The molecule has 3 nitrogen and oxygen atoms in total. The minimum Gasteiger partial charge on any atom is -0.463 e. The van der Waals surface area contributed by atoms with Crippen LogP contribution in [-0.4, -0.2) is 30.5 Å². The zero-order valence-corrected chi connectivity index (χ0v) is 12.4. The molecular weight excluding hydrogens is 259 g/mol. The Morgan fingerprint density at radius 1 is 1.37 bits per heavy atom. The number of benzene rings is 1. The lowest BCUT2D eigenvalue weighted by molar-refractivity contribution is -0.144. The maximum Gasteiger partial charge on any atom is 0.306 e. The first-order valence-corrected chi connectivity index (χ1v) is 7.93. The maximum absolute atomic E-state index is 11.5. The van der Waals surface area contributed by atoms with Crippen LogP contribution in [-0.2, 0) is 9.53 Å². The van der Waals surface area contributed by atoms with Crippen LogP contribution in [0.3, 0.4) is 0 Å². The number of hydrogen-bond acceptors (Lipinski definition) is 3. The van der Waals surface area contributed by atoms with Crippen molar-refractivity contribution in [3.05, 3.63) is 41.7 Å². The first-order valence-electron chi connectivity index (χ1n) is 6.41. The molecule has 0 aliphatic carbocycles. The van der Waals surface area contributed by atoms with Gasteiger partial charge in [-0.2, -0.15) is 0 Å². The highest BCUT2D eigenvalue weighted by Crippen LogP contribution is 2.43. The first-order chi connectivity index (χ1) is 9.19. The first kappa shape index (κ1) is 15.9. The van der Waals surface area contributed by atoms with Crippen molar-refractivity contribution in [2.24, 2.45) is 0 Å². The SMILES string of the molecule is C/C=C(\C)P(CCC(=O)OCCO)c1ccccc1. The van der Waals surface area contributed by atoms with Crippen molar-refractivity contribution >= 4 is 19.2 Å². The van der Waals surface area contributed by atoms with Crippen molar-refractivity contribution in [1.29, 1.82) is 0 Å². The van der Waals surface area contributed by atoms with E-state index in [1.807, 2.05) is 25.1 Å². The van der Waals surface area contributed by atoms with E-state index in [0.29, 0.717) is 6.42 Å². The number of aliphatic hydroxyl groups is 1. The van der Waals surface area contributed by atoms with Crippen molar-refractivity contribution < 1.29 is 14.6 Å². The van der Waals surface area contributed by atoms with Crippen molar-refractivity contribution in [3.63, 3.8) is 0 Å². The van der Waals surface area contributed by atoms with Crippen LogP contribution >= 0.6 is 7.92 Å². The highest BCUT2D eigenvalue weighted by Gasteiger charge is 2.14. The number of rotatable bonds is 7. The summed E-state index contributed by atoms with van der Waals surface area (Å²) in [6.45, 7) is 4.10. The Hall–Kier alpha value is -1.18. The Labute approximate surface area is 116 Å². The van der Waals surface area contributed by atoms with Crippen LogP contribution < -0.4 is 5.30 Å². The Balaban J connectivity index is 2.65. The van der Waals surface area contributed by atoms with Gasteiger partial charge in [0.05, 0.1) is 13.0 Å². The Bertz CT molecular complexity index is 415. The number of carbonyl (C=O) groups is 1. The molecule has 0 fully saturated rings. The zero-order chi connectivity index (χ0) is 14.1. The predicted octanol–water partition coefficient (Wildman–Crippen LogP) is 2.64. The zero-order valence-electron chi connectivity index (χ0n) is 11.5. The Morgan fingerprint density at radius 3 is 2.63 bits per heavy atom. The van der Waals surface area contributed by atoms with E-state index >= 15 is 0 Å². The van der Waals surface area contributed by atoms with Crippen molar-refractivity contribution in [3.8, 4) is 0 Å². The molecule has 0 aliphatic rings. The second-order valence-electron chi connectivity index (χ2n) is 4.11. The summed E-state index contributed by atoms with van der Waals surface area (Å²) in [5.41, 5.74) is 0. The van der Waals surface area contributed by atoms with E-state index in [1.54, 1.807) is 0 Å². The third-order valence-electron chi connectivity index (χ3n) is 2.81. The van der Waals surface area contributed by atoms with Gasteiger partial charge in [0.1, 0.15) is 6.61 Å². The fourth-order valence-corrected chi connectivity index (χ4v) is 3.98. The molecule has 0 saturated heterocycles. The number of allylic oxidation sites excluding steroid dienone is 2. The molecule has 0 heterocycles. The van der Waals surface area contributed by atoms with Gasteiger partial charge < -0.3 is 9.84 Å². The van der Waals surface area contributed by atoms with Gasteiger partial charge in [-0.05, 0) is 38.5 Å². The summed E-state index contributed by atoms with van der Waals surface area (Å²) < 4.78 is 4.89. The smallest absolute Gasteiger partial charge is 0.306 e. The van der Waals surface area contributed by atoms with Gasteiger partial charge in [-0.3, -0.25) is 4.79 Å². The largest absolute Gasteiger partial charge is 0.463 e. The lowest BCUT2D eigenvalue weighted by Gasteiger charge is -2.18. The second kappa shape index (κ2) is 8.84. The molecule has 0 aromatic heterocycles. The molecule has 0 spiro atoms. The van der Waals surface area contributed by atoms with Gasteiger partial charge in [-0.15, -0.1) is 0 Å². The molecule has 1 aromatic rings. The molecule has 1 rings (SSSR count). The molecular formula is C15H21O3P. The van der Waals surface area contributed by atoms with Crippen molar-refractivity contribution in [2.45, 2.75) is 20.3 Å². The molecule has 19 heavy (non-hydrogen) atoms. The number of aliphatic hydroxyl groups excluding tert-OH is 1. The third-order valence-corrected chi connectivity index (χ3v) is 5.51. The van der Waals surface area contributed by atoms with Gasteiger partial charge in [-0.1, -0.05) is 36.4 Å². The summed E-state index contributed by atoms with van der Waals surface area (Å²) in [7, 11) is -0.467. The average molecular weight is 280 g/mol. The molecule has 4 heteroatoms. The van der Waals surface area contributed by atoms with Crippen molar-refractivity contribution in [1.82, 2.24) is 0 Å². The van der Waals surface area contributed by atoms with Gasteiger partial charge in [-0.25, -0.2) is 0 Å². The van der Waals surface area contributed by atoms with Crippen LogP contribution in [0.1, 0.15) is 20.3 Å². The van der Waals surface area contributed by atoms with E-state index in [-0.39, 0.29) is 19.2 Å². The summed E-state index contributed by atoms with van der Waals surface area (Å²) in [5.74, 6) is -0.235. The van der Waals surface area contributed by atoms with Crippen molar-refractivity contribution in [2.75, 3.05) is 19.4 Å². The van der Waals surface area contributed by atoms with E-state index < -0.39 is 7.92 Å². The van der Waals surface area contributed by atoms with Gasteiger partial charge in [0.2, 0.25) is 0 Å². The molecule has 1 aromatic carbocycles. The van der Waals surface area contributed by atoms with Gasteiger partial charge in [0.25, 0.3) is 0 Å². The fourth-order valence-electron chi connectivity index (χ4n) is 1.71. The fraction of sp³-hybridized carbons (Fsp3) is 0.400. The monoisotopic (exact) mass is 280 g/mol. The van der Waals surface area contributed by atoms with Crippen LogP contribution in [0.25, 0.3) is 0 Å². The Morgan fingerprint density at radius 2 is 2.05 bits per heavy atom. The van der Waals surface area contributed by atoms with E-state index in [4.69, 9.17) is 9.84 Å². The molecule has 104 valence electrons. The maximum atomic E-state index is 11.5. The quantitative estimate of drug-likeness (QED) is 0.617. The van der Waals surface area contributed by atoms with Gasteiger partial charge in [0.15, 0.2) is 0 Å². The van der Waals surface area contributed by atoms with Gasteiger partial charge in [0, 0.05) is 0 Å². The molecule has 1 unspecified atom stereocenters. The molecule has 0 aliphatic heterocycles. The van der Waals surface area contributed by atoms with Crippen LogP contribution in [0.15, 0.2) is 41.7 Å². The summed E-state index contributed by atoms with van der Waals surface area (Å²) >= 11 is 0. The summed E-state index contributed by atoms with van der Waals surface area (Å²) in [5, 5.41) is 11.2. The molecule has 0 radical (unpaired) electrons. The molecule has 0 bridgehead atoms. The topological polar surface area (TPSA) is 46.5 Å². The van der Waals surface area contributed by atoms with E-state index in [0.717, 1.165) is 6.16 Å². The predicted molar refractivity (Wildman–Crippen MR) is 80.0 cm³/mol. The lowest BCUT2D eigenvalue weighted by atomic mass is 10.4. The average Bonchev–Trinajstić information content (AvgIpc) is 2.46. The minimum atomic E-state index is -0.467. The van der Waals surface area contributed by atoms with Crippen LogP contribution in [0.2, 0.25) is 0 Å². The number of hydrogen-bond donors (Lipinski definition) is 1. The number of ether oxygens (including phenoxy) is 1. The van der Waals surface area contributed by atoms with Crippen LogP contribution in [0.4, 0.5) is 0 Å². The Kier molecular flexibility index (Phi) is 7.39. The summed E-state index contributed by atoms with van der Waals surface area (Å²) in [4.78, 5) is 11.5. The molecule has 1 atom stereocenters. The van der Waals surface area contributed by atoms with Crippen LogP contribution in [0, 0.1) is 0 Å². The third kappa shape index (κ3) is 5.54. The molecule has 1 N–H and O–H groups in total. The van der Waals surface area contributed by atoms with E-state index in [1.165, 1.54) is 10.6 Å². The second-order valence-corrected chi connectivity index (χ2v) is 6.64. The normalized spacial score (nSPS) is 13.1. The summed E-state index contributed by atoms with van der Waals surface area (Å²) in [6, 6.07) is 10.3. The highest BCUT2D eigenvalue weighted by atomic mass is 31.1. The highest BCUT2D eigenvalue weighted by molar-refractivity contribution is 7.69. The minimum absolute atomic E-state index is 0.0880. The van der Waals surface area contributed by atoms with Crippen LogP contribution in [0.5, 0.6) is 0 Å². The number of esters is 1. The molecule has 0 amide bonds. The van der Waals surface area contributed by atoms with E-state index in [9.17, 15) is 4.79 Å².